The molecule has 1 amide bonds. The topological polar surface area (TPSA) is 148 Å². The number of benzene rings is 1. The van der Waals surface area contributed by atoms with Gasteiger partial charge in [-0.05, 0) is 31.6 Å². The van der Waals surface area contributed by atoms with Crippen LogP contribution in [0.3, 0.4) is 0 Å². The largest absolute Gasteiger partial charge is 0.480 e. The van der Waals surface area contributed by atoms with E-state index >= 15 is 0 Å². The zero-order valence-corrected chi connectivity index (χ0v) is 11.8. The molecule has 1 aromatic rings. The second-order valence-electron chi connectivity index (χ2n) is 4.54. The molecule has 22 heavy (non-hydrogen) atoms. The third-order valence-electron chi connectivity index (χ3n) is 2.82. The van der Waals surface area contributed by atoms with Crippen molar-refractivity contribution in [2.75, 3.05) is 18.4 Å². The number of nitro groups is 1. The van der Waals surface area contributed by atoms with Crippen molar-refractivity contribution in [1.29, 1.82) is 0 Å². The lowest BCUT2D eigenvalue weighted by molar-refractivity contribution is -0.384. The minimum Gasteiger partial charge on any atom is -0.480 e. The molecule has 0 heterocycles. The van der Waals surface area contributed by atoms with Gasteiger partial charge >= 0.3 is 5.97 Å². The lowest BCUT2D eigenvalue weighted by Crippen LogP contribution is -2.40. The highest BCUT2D eigenvalue weighted by atomic mass is 16.6. The van der Waals surface area contributed by atoms with Gasteiger partial charge in [-0.25, -0.2) is 0 Å². The average Bonchev–Trinajstić information content (AvgIpc) is 2.46. The van der Waals surface area contributed by atoms with Crippen LogP contribution >= 0.6 is 0 Å². The van der Waals surface area contributed by atoms with Gasteiger partial charge in [-0.3, -0.25) is 19.7 Å². The van der Waals surface area contributed by atoms with E-state index in [1.165, 1.54) is 24.3 Å². The molecule has 0 fully saturated rings. The van der Waals surface area contributed by atoms with E-state index in [0.717, 1.165) is 0 Å². The van der Waals surface area contributed by atoms with Gasteiger partial charge in [-0.1, -0.05) is 0 Å². The van der Waals surface area contributed by atoms with Crippen molar-refractivity contribution in [1.82, 2.24) is 5.32 Å². The third kappa shape index (κ3) is 5.85. The molecule has 0 bridgehead atoms. The number of carbonyl (C=O) groups excluding carboxylic acids is 1. The molecule has 0 radical (unpaired) electrons. The van der Waals surface area contributed by atoms with Crippen LogP contribution < -0.4 is 16.4 Å². The summed E-state index contributed by atoms with van der Waals surface area (Å²) in [4.78, 5) is 32.8. The Morgan fingerprint density at radius 1 is 1.32 bits per heavy atom. The number of nitrogens with one attached hydrogen (secondary N) is 2. The fraction of sp³-hybridized carbons (Fsp3) is 0.385. The van der Waals surface area contributed by atoms with Crippen molar-refractivity contribution in [3.05, 3.63) is 34.4 Å². The summed E-state index contributed by atoms with van der Waals surface area (Å²) in [7, 11) is 0. The van der Waals surface area contributed by atoms with Gasteiger partial charge < -0.3 is 21.5 Å². The van der Waals surface area contributed by atoms with Crippen LogP contribution in [0.1, 0.15) is 12.8 Å². The molecule has 0 spiro atoms. The maximum Gasteiger partial charge on any atom is 0.321 e. The number of carboxylic acid groups (broad SMARTS) is 1. The van der Waals surface area contributed by atoms with Crippen LogP contribution in [0.4, 0.5) is 11.4 Å². The average molecular weight is 310 g/mol. The Labute approximate surface area is 126 Å². The normalized spacial score (nSPS) is 11.7. The lowest BCUT2D eigenvalue weighted by Gasteiger charge is -2.14. The van der Waals surface area contributed by atoms with Crippen molar-refractivity contribution in [3.8, 4) is 0 Å². The molecule has 9 heteroatoms. The number of aliphatic carboxylic acids is 1. The smallest absolute Gasteiger partial charge is 0.321 e. The van der Waals surface area contributed by atoms with Crippen molar-refractivity contribution in [2.45, 2.75) is 18.9 Å². The van der Waals surface area contributed by atoms with Crippen LogP contribution in [0, 0.1) is 10.1 Å². The van der Waals surface area contributed by atoms with Crippen LogP contribution in [0.5, 0.6) is 0 Å². The molecule has 120 valence electrons. The molecule has 0 saturated heterocycles. The number of carbonyl (C=O) groups is 2. The quantitative estimate of drug-likeness (QED) is 0.291. The molecule has 0 aliphatic heterocycles. The molecule has 1 rings (SSSR count). The van der Waals surface area contributed by atoms with E-state index < -0.39 is 22.8 Å². The molecular formula is C13H18N4O5. The molecule has 0 aliphatic rings. The number of nitrogens with two attached hydrogens (primary N) is 1. The Morgan fingerprint density at radius 3 is 2.45 bits per heavy atom. The Hall–Kier alpha value is -2.52. The molecule has 9 nitrogen and oxygen atoms in total. The second-order valence-corrected chi connectivity index (χ2v) is 4.54. The molecule has 1 atom stereocenters. The Kier molecular flexibility index (Phi) is 6.93. The predicted octanol–water partition coefficient (Wildman–Crippen LogP) is 0.315. The first-order valence-electron chi connectivity index (χ1n) is 6.64. The molecule has 5 N–H and O–H groups in total. The van der Waals surface area contributed by atoms with Crippen LogP contribution in [-0.2, 0) is 9.59 Å². The highest BCUT2D eigenvalue weighted by Gasteiger charge is 2.20. The van der Waals surface area contributed by atoms with Gasteiger partial charge in [0, 0.05) is 17.8 Å². The SMILES string of the molecule is NCCCN[C@H](CC(=O)Nc1ccc([N+](=O)[O-])cc1)C(=O)O. The standard InChI is InChI=1S/C13H18N4O5/c14-6-1-7-15-11(13(19)20)8-12(18)16-9-2-4-10(5-3-9)17(21)22/h2-5,11,15H,1,6-8,14H2,(H,16,18)(H,19,20)/t11-/m1/s1. The van der Waals surface area contributed by atoms with Crippen LogP contribution in [0.25, 0.3) is 0 Å². The Morgan fingerprint density at radius 2 is 1.95 bits per heavy atom. The second kappa shape index (κ2) is 8.70. The molecular weight excluding hydrogens is 292 g/mol. The first-order chi connectivity index (χ1) is 10.4. The van der Waals surface area contributed by atoms with Crippen molar-refractivity contribution >= 4 is 23.3 Å². The lowest BCUT2D eigenvalue weighted by atomic mass is 10.2. The van der Waals surface area contributed by atoms with Crippen molar-refractivity contribution < 1.29 is 19.6 Å². The summed E-state index contributed by atoms with van der Waals surface area (Å²) in [6.45, 7) is 0.826. The van der Waals surface area contributed by atoms with E-state index in [4.69, 9.17) is 10.8 Å². The van der Waals surface area contributed by atoms with E-state index in [9.17, 15) is 19.7 Å². The Bertz CT molecular complexity index is 532. The van der Waals surface area contributed by atoms with Crippen molar-refractivity contribution in [3.63, 3.8) is 0 Å². The third-order valence-corrected chi connectivity index (χ3v) is 2.82. The number of amides is 1. The minimum atomic E-state index is -1.13. The fourth-order valence-corrected chi connectivity index (χ4v) is 1.69. The monoisotopic (exact) mass is 310 g/mol. The molecule has 0 aliphatic carbocycles. The summed E-state index contributed by atoms with van der Waals surface area (Å²) >= 11 is 0. The number of nitro benzene ring substituents is 1. The van der Waals surface area contributed by atoms with Gasteiger partial charge in [-0.2, -0.15) is 0 Å². The van der Waals surface area contributed by atoms with Gasteiger partial charge in [0.15, 0.2) is 0 Å². The van der Waals surface area contributed by atoms with Gasteiger partial charge in [-0.15, -0.1) is 0 Å². The molecule has 0 unspecified atom stereocenters. The molecule has 0 aromatic heterocycles. The predicted molar refractivity (Wildman–Crippen MR) is 79.4 cm³/mol. The van der Waals surface area contributed by atoms with Gasteiger partial charge in [0.1, 0.15) is 6.04 Å². The molecule has 1 aromatic carbocycles. The summed E-state index contributed by atoms with van der Waals surface area (Å²) < 4.78 is 0. The number of carboxylic acids is 1. The van der Waals surface area contributed by atoms with E-state index in [1.807, 2.05) is 0 Å². The van der Waals surface area contributed by atoms with E-state index in [-0.39, 0.29) is 12.1 Å². The minimum absolute atomic E-state index is 0.0927. The first-order valence-corrected chi connectivity index (χ1v) is 6.64. The summed E-state index contributed by atoms with van der Waals surface area (Å²) in [5.74, 6) is -1.63. The fourth-order valence-electron chi connectivity index (χ4n) is 1.69. The maximum absolute atomic E-state index is 11.8. The summed E-state index contributed by atoms with van der Waals surface area (Å²) in [6, 6.07) is 4.26. The van der Waals surface area contributed by atoms with Crippen molar-refractivity contribution in [2.24, 2.45) is 5.73 Å². The zero-order chi connectivity index (χ0) is 16.5. The summed E-state index contributed by atoms with van der Waals surface area (Å²) in [5, 5.41) is 24.8. The first kappa shape index (κ1) is 17.5. The number of nitrogens with zero attached hydrogens (tertiary/aromatic N) is 1. The number of hydrogen-bond donors (Lipinski definition) is 4. The van der Waals surface area contributed by atoms with E-state index in [2.05, 4.69) is 10.6 Å². The summed E-state index contributed by atoms with van der Waals surface area (Å²) in [5.41, 5.74) is 5.58. The number of anilines is 1. The highest BCUT2D eigenvalue weighted by Crippen LogP contribution is 2.15. The zero-order valence-electron chi connectivity index (χ0n) is 11.8. The number of rotatable bonds is 9. The molecule has 0 saturated carbocycles. The van der Waals surface area contributed by atoms with Gasteiger partial charge in [0.05, 0.1) is 11.3 Å². The van der Waals surface area contributed by atoms with Gasteiger partial charge in [0.25, 0.3) is 5.69 Å². The van der Waals surface area contributed by atoms with Crippen LogP contribution in [0.2, 0.25) is 0 Å². The van der Waals surface area contributed by atoms with E-state index in [1.54, 1.807) is 0 Å². The maximum atomic E-state index is 11.8. The Balaban J connectivity index is 2.55. The number of non-ortho nitro benzene ring substituents is 1. The highest BCUT2D eigenvalue weighted by molar-refractivity contribution is 5.94. The van der Waals surface area contributed by atoms with Crippen LogP contribution in [0.15, 0.2) is 24.3 Å². The summed E-state index contributed by atoms with van der Waals surface area (Å²) in [6.07, 6.45) is 0.352. The number of hydrogen-bond acceptors (Lipinski definition) is 6. The van der Waals surface area contributed by atoms with E-state index in [0.29, 0.717) is 25.2 Å². The van der Waals surface area contributed by atoms with Gasteiger partial charge in [0.2, 0.25) is 5.91 Å². The van der Waals surface area contributed by atoms with Crippen LogP contribution in [-0.4, -0.2) is 41.0 Å².